The van der Waals surface area contributed by atoms with Crippen LogP contribution >= 0.6 is 23.2 Å². The number of non-ortho nitro benzene ring substituents is 1. The summed E-state index contributed by atoms with van der Waals surface area (Å²) in [5.41, 5.74) is 0.995. The average Bonchev–Trinajstić information content (AvgIpc) is 2.34. The Morgan fingerprint density at radius 3 is 2.67 bits per heavy atom. The van der Waals surface area contributed by atoms with Crippen LogP contribution in [0.2, 0.25) is 5.02 Å². The van der Waals surface area contributed by atoms with Crippen molar-refractivity contribution in [1.82, 2.24) is 0 Å². The van der Waals surface area contributed by atoms with E-state index in [1.165, 1.54) is 25.0 Å². The summed E-state index contributed by atoms with van der Waals surface area (Å²) in [6.45, 7) is 0. The van der Waals surface area contributed by atoms with Gasteiger partial charge in [-0.3, -0.25) is 10.1 Å². The smallest absolute Gasteiger partial charge is 0.258 e. The molecule has 1 saturated carbocycles. The van der Waals surface area contributed by atoms with Crippen molar-refractivity contribution in [2.75, 3.05) is 0 Å². The van der Waals surface area contributed by atoms with Gasteiger partial charge in [-0.05, 0) is 30.7 Å². The van der Waals surface area contributed by atoms with Crippen LogP contribution in [0.25, 0.3) is 0 Å². The highest BCUT2D eigenvalue weighted by Crippen LogP contribution is 2.33. The molecule has 0 amide bonds. The maximum Gasteiger partial charge on any atom is 0.270 e. The van der Waals surface area contributed by atoms with E-state index in [1.54, 1.807) is 6.07 Å². The molecule has 0 N–H and O–H groups in total. The van der Waals surface area contributed by atoms with Crippen LogP contribution in [0.15, 0.2) is 18.2 Å². The molecule has 0 bridgehead atoms. The second kappa shape index (κ2) is 5.89. The zero-order valence-corrected chi connectivity index (χ0v) is 11.5. The van der Waals surface area contributed by atoms with Crippen molar-refractivity contribution in [2.45, 2.75) is 37.5 Å². The maximum atomic E-state index is 10.6. The Kier molecular flexibility index (Phi) is 4.46. The molecule has 2 atom stereocenters. The Bertz CT molecular complexity index is 451. The van der Waals surface area contributed by atoms with E-state index >= 15 is 0 Å². The summed E-state index contributed by atoms with van der Waals surface area (Å²) in [5.74, 6) is 0.430. The number of nitrogens with zero attached hydrogens (tertiary/aromatic N) is 1. The first kappa shape index (κ1) is 13.6. The molecule has 2 rings (SSSR count). The third-order valence-electron chi connectivity index (χ3n) is 3.55. The largest absolute Gasteiger partial charge is 0.270 e. The molecule has 0 radical (unpaired) electrons. The van der Waals surface area contributed by atoms with Crippen LogP contribution < -0.4 is 0 Å². The molecule has 18 heavy (non-hydrogen) atoms. The van der Waals surface area contributed by atoms with Crippen molar-refractivity contribution in [3.63, 3.8) is 0 Å². The molecule has 1 aromatic rings. The van der Waals surface area contributed by atoms with E-state index in [1.807, 2.05) is 0 Å². The number of rotatable bonds is 3. The maximum absolute atomic E-state index is 10.6. The van der Waals surface area contributed by atoms with Gasteiger partial charge in [0.25, 0.3) is 5.69 Å². The lowest BCUT2D eigenvalue weighted by molar-refractivity contribution is -0.384. The molecule has 1 aromatic carbocycles. The second-order valence-corrected chi connectivity index (χ2v) is 5.77. The highest BCUT2D eigenvalue weighted by atomic mass is 35.5. The zero-order chi connectivity index (χ0) is 13.1. The van der Waals surface area contributed by atoms with Crippen molar-refractivity contribution < 1.29 is 4.92 Å². The lowest BCUT2D eigenvalue weighted by Crippen LogP contribution is -2.21. The summed E-state index contributed by atoms with van der Waals surface area (Å²) >= 11 is 12.4. The van der Waals surface area contributed by atoms with E-state index in [0.717, 1.165) is 24.8 Å². The molecule has 1 fully saturated rings. The summed E-state index contributed by atoms with van der Waals surface area (Å²) in [4.78, 5) is 10.2. The Labute approximate surface area is 116 Å². The van der Waals surface area contributed by atoms with Crippen LogP contribution in [-0.4, -0.2) is 10.3 Å². The summed E-state index contributed by atoms with van der Waals surface area (Å²) in [7, 11) is 0. The standard InChI is InChI=1S/C13H15Cl2NO2/c14-12-4-2-1-3-9(12)7-10-5-6-11(16(17)18)8-13(10)15/h5-6,8-9,12H,1-4,7H2. The number of nitro groups is 1. The average molecular weight is 288 g/mol. The molecule has 1 aliphatic carbocycles. The zero-order valence-electron chi connectivity index (χ0n) is 9.94. The minimum absolute atomic E-state index is 0.0369. The number of hydrogen-bond acceptors (Lipinski definition) is 2. The summed E-state index contributed by atoms with van der Waals surface area (Å²) in [6, 6.07) is 4.68. The number of hydrogen-bond donors (Lipinski definition) is 0. The molecule has 3 nitrogen and oxygen atoms in total. The minimum atomic E-state index is -0.430. The number of nitro benzene ring substituents is 1. The van der Waals surface area contributed by atoms with E-state index in [-0.39, 0.29) is 11.1 Å². The van der Waals surface area contributed by atoms with Gasteiger partial charge in [0, 0.05) is 17.5 Å². The molecule has 0 heterocycles. The molecule has 0 spiro atoms. The van der Waals surface area contributed by atoms with E-state index in [0.29, 0.717) is 10.9 Å². The van der Waals surface area contributed by atoms with E-state index < -0.39 is 4.92 Å². The van der Waals surface area contributed by atoms with Crippen molar-refractivity contribution >= 4 is 28.9 Å². The fraction of sp³-hybridized carbons (Fsp3) is 0.538. The van der Waals surface area contributed by atoms with Gasteiger partial charge in [0.05, 0.1) is 9.95 Å². The van der Waals surface area contributed by atoms with Crippen LogP contribution in [-0.2, 0) is 6.42 Å². The molecule has 5 heteroatoms. The molecule has 98 valence electrons. The van der Waals surface area contributed by atoms with E-state index in [2.05, 4.69) is 0 Å². The van der Waals surface area contributed by atoms with Gasteiger partial charge in [-0.15, -0.1) is 11.6 Å². The molecular weight excluding hydrogens is 273 g/mol. The van der Waals surface area contributed by atoms with Crippen LogP contribution in [0, 0.1) is 16.0 Å². The van der Waals surface area contributed by atoms with Gasteiger partial charge >= 0.3 is 0 Å². The Hall–Kier alpha value is -0.800. The van der Waals surface area contributed by atoms with Crippen LogP contribution in [0.5, 0.6) is 0 Å². The quantitative estimate of drug-likeness (QED) is 0.464. The van der Waals surface area contributed by atoms with Gasteiger partial charge in [-0.25, -0.2) is 0 Å². The topological polar surface area (TPSA) is 43.1 Å². The van der Waals surface area contributed by atoms with Crippen molar-refractivity contribution in [3.8, 4) is 0 Å². The first-order chi connectivity index (χ1) is 8.58. The van der Waals surface area contributed by atoms with Crippen LogP contribution in [0.1, 0.15) is 31.2 Å². The molecular formula is C13H15Cl2NO2. The molecule has 0 aromatic heterocycles. The Morgan fingerprint density at radius 2 is 2.06 bits per heavy atom. The van der Waals surface area contributed by atoms with Crippen molar-refractivity contribution in [3.05, 3.63) is 38.9 Å². The van der Waals surface area contributed by atoms with Crippen LogP contribution in [0.3, 0.4) is 0 Å². The predicted molar refractivity (Wildman–Crippen MR) is 73.4 cm³/mol. The fourth-order valence-corrected chi connectivity index (χ4v) is 3.11. The monoisotopic (exact) mass is 287 g/mol. The van der Waals surface area contributed by atoms with E-state index in [9.17, 15) is 10.1 Å². The van der Waals surface area contributed by atoms with Crippen LogP contribution in [0.4, 0.5) is 5.69 Å². The molecule has 0 saturated heterocycles. The summed E-state index contributed by atoms with van der Waals surface area (Å²) in [5, 5.41) is 11.3. The third-order valence-corrected chi connectivity index (χ3v) is 4.47. The Balaban J connectivity index is 2.11. The minimum Gasteiger partial charge on any atom is -0.258 e. The first-order valence-corrected chi connectivity index (χ1v) is 6.96. The summed E-state index contributed by atoms with van der Waals surface area (Å²) < 4.78 is 0. The number of halogens is 2. The SMILES string of the molecule is O=[N+]([O-])c1ccc(CC2CCCCC2Cl)c(Cl)c1. The van der Waals surface area contributed by atoms with Gasteiger partial charge in [-0.2, -0.15) is 0 Å². The van der Waals surface area contributed by atoms with Gasteiger partial charge in [0.15, 0.2) is 0 Å². The second-order valence-electron chi connectivity index (χ2n) is 4.80. The molecule has 2 unspecified atom stereocenters. The van der Waals surface area contributed by atoms with E-state index in [4.69, 9.17) is 23.2 Å². The summed E-state index contributed by atoms with van der Waals surface area (Å²) in [6.07, 6.45) is 5.38. The van der Waals surface area contributed by atoms with Gasteiger partial charge in [-0.1, -0.05) is 30.5 Å². The molecule has 0 aliphatic heterocycles. The van der Waals surface area contributed by atoms with Gasteiger partial charge in [0.1, 0.15) is 0 Å². The highest BCUT2D eigenvalue weighted by Gasteiger charge is 2.24. The van der Waals surface area contributed by atoms with Gasteiger partial charge < -0.3 is 0 Å². The lowest BCUT2D eigenvalue weighted by Gasteiger charge is -2.27. The fourth-order valence-electron chi connectivity index (χ4n) is 2.49. The third kappa shape index (κ3) is 3.15. The highest BCUT2D eigenvalue weighted by molar-refractivity contribution is 6.31. The van der Waals surface area contributed by atoms with Crippen molar-refractivity contribution in [1.29, 1.82) is 0 Å². The van der Waals surface area contributed by atoms with Gasteiger partial charge in [0.2, 0.25) is 0 Å². The predicted octanol–water partition coefficient (Wildman–Crippen LogP) is 4.59. The Morgan fingerprint density at radius 1 is 1.33 bits per heavy atom. The molecule has 1 aliphatic rings. The first-order valence-electron chi connectivity index (χ1n) is 6.15. The number of alkyl halides is 1. The number of benzene rings is 1. The van der Waals surface area contributed by atoms with Crippen molar-refractivity contribution in [2.24, 2.45) is 5.92 Å². The lowest BCUT2D eigenvalue weighted by atomic mass is 9.84. The normalized spacial score (nSPS) is 23.9.